The van der Waals surface area contributed by atoms with Crippen molar-refractivity contribution in [1.82, 2.24) is 4.31 Å². The first-order valence-corrected chi connectivity index (χ1v) is 11.8. The van der Waals surface area contributed by atoms with E-state index in [0.29, 0.717) is 35.5 Å². The van der Waals surface area contributed by atoms with Gasteiger partial charge in [-0.25, -0.2) is 12.8 Å². The number of carbonyl (C=O) groups excluding carboxylic acids is 2. The summed E-state index contributed by atoms with van der Waals surface area (Å²) in [7, 11) is -3.89. The van der Waals surface area contributed by atoms with Gasteiger partial charge in [-0.1, -0.05) is 6.07 Å². The second kappa shape index (κ2) is 8.51. The predicted octanol–water partition coefficient (Wildman–Crippen LogP) is 2.89. The number of piperidine rings is 1. The molecule has 2 N–H and O–H groups in total. The Labute approximate surface area is 185 Å². The maximum absolute atomic E-state index is 13.8. The number of fused-ring (bicyclic) bond motifs is 1. The molecule has 2 aromatic carbocycles. The number of benzene rings is 2. The maximum Gasteiger partial charge on any atom is 0.265 e. The average molecular weight is 462 g/mol. The summed E-state index contributed by atoms with van der Waals surface area (Å²) >= 11 is 0. The van der Waals surface area contributed by atoms with Crippen LogP contribution in [0.2, 0.25) is 0 Å². The third kappa shape index (κ3) is 4.33. The van der Waals surface area contributed by atoms with Gasteiger partial charge in [0.2, 0.25) is 15.9 Å². The molecule has 0 aliphatic carbocycles. The van der Waals surface area contributed by atoms with E-state index in [4.69, 9.17) is 4.74 Å². The number of ether oxygens (including phenoxy) is 1. The van der Waals surface area contributed by atoms with Gasteiger partial charge in [0, 0.05) is 18.8 Å². The molecule has 2 aliphatic rings. The second-order valence-electron chi connectivity index (χ2n) is 8.06. The number of amides is 2. The summed E-state index contributed by atoms with van der Waals surface area (Å²) in [5, 5.41) is 5.32. The van der Waals surface area contributed by atoms with Gasteiger partial charge in [0.05, 0.1) is 16.5 Å². The number of nitrogens with zero attached hydrogens (tertiary/aromatic N) is 1. The van der Waals surface area contributed by atoms with E-state index in [9.17, 15) is 22.4 Å². The molecule has 2 atom stereocenters. The number of rotatable bonds is 4. The van der Waals surface area contributed by atoms with Crippen molar-refractivity contribution in [3.8, 4) is 5.75 Å². The van der Waals surface area contributed by atoms with E-state index in [-0.39, 0.29) is 29.8 Å². The van der Waals surface area contributed by atoms with E-state index in [1.807, 2.05) is 0 Å². The van der Waals surface area contributed by atoms with Crippen LogP contribution in [-0.2, 0) is 19.6 Å². The lowest BCUT2D eigenvalue weighted by Gasteiger charge is -2.31. The summed E-state index contributed by atoms with van der Waals surface area (Å²) in [6.07, 6.45) is 0.383. The van der Waals surface area contributed by atoms with Crippen molar-refractivity contribution in [2.75, 3.05) is 23.7 Å². The van der Waals surface area contributed by atoms with E-state index in [0.717, 1.165) is 0 Å². The minimum absolute atomic E-state index is 0.0105. The number of hydrogen-bond donors (Lipinski definition) is 2. The first-order valence-electron chi connectivity index (χ1n) is 10.3. The Balaban J connectivity index is 1.50. The molecule has 170 valence electrons. The molecular weight excluding hydrogens is 437 g/mol. The first-order chi connectivity index (χ1) is 15.1. The fourth-order valence-corrected chi connectivity index (χ4v) is 5.34. The molecule has 0 saturated carbocycles. The number of hydrogen-bond acceptors (Lipinski definition) is 5. The van der Waals surface area contributed by atoms with Crippen LogP contribution in [0.4, 0.5) is 15.8 Å². The smallest absolute Gasteiger partial charge is 0.265 e. The second-order valence-corrected chi connectivity index (χ2v) is 10.0. The van der Waals surface area contributed by atoms with Gasteiger partial charge in [-0.2, -0.15) is 4.31 Å². The molecule has 0 radical (unpaired) electrons. The van der Waals surface area contributed by atoms with Crippen LogP contribution in [0.15, 0.2) is 41.3 Å². The Morgan fingerprint density at radius 2 is 2.03 bits per heavy atom. The minimum atomic E-state index is -3.89. The molecule has 32 heavy (non-hydrogen) atoms. The van der Waals surface area contributed by atoms with Crippen molar-refractivity contribution in [2.24, 2.45) is 5.92 Å². The molecule has 2 amide bonds. The number of halogens is 1. The summed E-state index contributed by atoms with van der Waals surface area (Å²) in [6, 6.07) is 8.73. The Hall–Kier alpha value is -2.98. The number of aryl methyl sites for hydroxylation is 1. The molecule has 0 spiro atoms. The Morgan fingerprint density at radius 1 is 1.25 bits per heavy atom. The van der Waals surface area contributed by atoms with Crippen LogP contribution in [0.3, 0.4) is 0 Å². The zero-order valence-electron chi connectivity index (χ0n) is 17.7. The molecule has 0 bridgehead atoms. The molecule has 0 unspecified atom stereocenters. The van der Waals surface area contributed by atoms with Gasteiger partial charge in [-0.3, -0.25) is 9.59 Å². The number of nitrogens with one attached hydrogen (secondary N) is 2. The van der Waals surface area contributed by atoms with Crippen molar-refractivity contribution < 1.29 is 27.1 Å². The third-order valence-corrected chi connectivity index (χ3v) is 7.58. The summed E-state index contributed by atoms with van der Waals surface area (Å²) in [5.74, 6) is -1.29. The molecule has 1 saturated heterocycles. The van der Waals surface area contributed by atoms with Crippen LogP contribution in [-0.4, -0.2) is 43.7 Å². The van der Waals surface area contributed by atoms with E-state index in [1.54, 1.807) is 26.0 Å². The molecule has 2 aliphatic heterocycles. The lowest BCUT2D eigenvalue weighted by molar-refractivity contribution is -0.123. The SMILES string of the molecule is Cc1ccc(NC(=O)[C@@H]2CCCN(S(=O)(=O)c3ccc4c(c3)NC(=O)[C@H](C)O4)C2)cc1F. The highest BCUT2D eigenvalue weighted by molar-refractivity contribution is 7.89. The Morgan fingerprint density at radius 3 is 2.78 bits per heavy atom. The summed E-state index contributed by atoms with van der Waals surface area (Å²) in [4.78, 5) is 24.6. The average Bonchev–Trinajstić information content (AvgIpc) is 2.77. The highest BCUT2D eigenvalue weighted by atomic mass is 32.2. The predicted molar refractivity (Wildman–Crippen MR) is 116 cm³/mol. The quantitative estimate of drug-likeness (QED) is 0.729. The van der Waals surface area contributed by atoms with E-state index in [1.165, 1.54) is 28.6 Å². The monoisotopic (exact) mass is 461 g/mol. The Kier molecular flexibility index (Phi) is 5.91. The van der Waals surface area contributed by atoms with Crippen molar-refractivity contribution in [1.29, 1.82) is 0 Å². The highest BCUT2D eigenvalue weighted by Crippen LogP contribution is 2.33. The van der Waals surface area contributed by atoms with Gasteiger partial charge in [0.1, 0.15) is 11.6 Å². The van der Waals surface area contributed by atoms with E-state index >= 15 is 0 Å². The molecule has 4 rings (SSSR count). The molecule has 8 nitrogen and oxygen atoms in total. The van der Waals surface area contributed by atoms with Gasteiger partial charge < -0.3 is 15.4 Å². The molecule has 2 aromatic rings. The number of carbonyl (C=O) groups is 2. The van der Waals surface area contributed by atoms with Crippen LogP contribution >= 0.6 is 0 Å². The van der Waals surface area contributed by atoms with Gasteiger partial charge in [-0.15, -0.1) is 0 Å². The number of anilines is 2. The van der Waals surface area contributed by atoms with Crippen LogP contribution in [0.5, 0.6) is 5.75 Å². The maximum atomic E-state index is 13.8. The number of sulfonamides is 1. The van der Waals surface area contributed by atoms with Crippen molar-refractivity contribution in [3.05, 3.63) is 47.8 Å². The van der Waals surface area contributed by atoms with Crippen LogP contribution in [0.1, 0.15) is 25.3 Å². The highest BCUT2D eigenvalue weighted by Gasteiger charge is 2.34. The van der Waals surface area contributed by atoms with Crippen molar-refractivity contribution in [3.63, 3.8) is 0 Å². The molecular formula is C22H24FN3O5S. The first kappa shape index (κ1) is 22.2. The standard InChI is InChI=1S/C22H24FN3O5S/c1-13-5-6-16(10-18(13)23)24-22(28)15-4-3-9-26(12-15)32(29,30)17-7-8-20-19(11-17)25-21(27)14(2)31-20/h5-8,10-11,14-15H,3-4,9,12H2,1-2H3,(H,24,28)(H,25,27)/t14-,15+/m0/s1. The largest absolute Gasteiger partial charge is 0.479 e. The summed E-state index contributed by atoms with van der Waals surface area (Å²) in [6.45, 7) is 3.53. The fraction of sp³-hybridized carbons (Fsp3) is 0.364. The zero-order valence-corrected chi connectivity index (χ0v) is 18.5. The lowest BCUT2D eigenvalue weighted by Crippen LogP contribution is -2.43. The van der Waals surface area contributed by atoms with Gasteiger partial charge in [0.15, 0.2) is 6.10 Å². The van der Waals surface area contributed by atoms with Crippen molar-refractivity contribution in [2.45, 2.75) is 37.7 Å². The summed E-state index contributed by atoms with van der Waals surface area (Å²) in [5.41, 5.74) is 1.10. The molecule has 10 heteroatoms. The zero-order chi connectivity index (χ0) is 23.0. The molecule has 2 heterocycles. The van der Waals surface area contributed by atoms with Gasteiger partial charge in [0.25, 0.3) is 5.91 Å². The summed E-state index contributed by atoms with van der Waals surface area (Å²) < 4.78 is 47.0. The lowest BCUT2D eigenvalue weighted by atomic mass is 9.98. The fourth-order valence-electron chi connectivity index (χ4n) is 3.79. The van der Waals surface area contributed by atoms with Gasteiger partial charge >= 0.3 is 0 Å². The van der Waals surface area contributed by atoms with E-state index < -0.39 is 27.9 Å². The normalized spacial score (nSPS) is 21.3. The topological polar surface area (TPSA) is 105 Å². The van der Waals surface area contributed by atoms with Crippen LogP contribution in [0, 0.1) is 18.7 Å². The van der Waals surface area contributed by atoms with Crippen molar-refractivity contribution >= 4 is 33.2 Å². The van der Waals surface area contributed by atoms with Gasteiger partial charge in [-0.05, 0) is 62.6 Å². The molecule has 0 aromatic heterocycles. The van der Waals surface area contributed by atoms with E-state index in [2.05, 4.69) is 10.6 Å². The van der Waals surface area contributed by atoms with Crippen LogP contribution in [0.25, 0.3) is 0 Å². The molecule has 1 fully saturated rings. The Bertz CT molecular complexity index is 1180. The van der Waals surface area contributed by atoms with Crippen LogP contribution < -0.4 is 15.4 Å². The third-order valence-electron chi connectivity index (χ3n) is 5.71. The minimum Gasteiger partial charge on any atom is -0.479 e.